The number of ether oxygens (including phenoxy) is 1. The molecule has 2 aliphatic rings. The van der Waals surface area contributed by atoms with Gasteiger partial charge in [-0.3, -0.25) is 4.79 Å². The molecule has 1 aromatic rings. The number of carbonyl (C=O) groups is 2. The van der Waals surface area contributed by atoms with Gasteiger partial charge in [0.1, 0.15) is 0 Å². The van der Waals surface area contributed by atoms with Crippen LogP contribution in [0.2, 0.25) is 0 Å². The number of hydrogen-bond donors (Lipinski definition) is 1. The molecule has 1 fully saturated rings. The standard InChI is InChI=1S/C18H21F3N2O3.C3H8/c1-26-17(25)15-8-12(18(19,20)21)6-11-9-23(5-4-14(11)15)16(24)10-2-3-13(22)7-10;1-3-2/h6,8,10,13H,2-5,7,9,22H2,1H3;3H2,1-2H3. The lowest BCUT2D eigenvalue weighted by Crippen LogP contribution is -2.40. The number of fused-ring (bicyclic) bond motifs is 1. The predicted octanol–water partition coefficient (Wildman–Crippen LogP) is 3.92. The normalized spacial score (nSPS) is 21.1. The van der Waals surface area contributed by atoms with E-state index in [0.29, 0.717) is 36.9 Å². The van der Waals surface area contributed by atoms with E-state index in [1.807, 2.05) is 0 Å². The van der Waals surface area contributed by atoms with E-state index in [4.69, 9.17) is 5.73 Å². The maximum absolute atomic E-state index is 13.2. The maximum Gasteiger partial charge on any atom is 0.416 e. The molecule has 2 unspecified atom stereocenters. The highest BCUT2D eigenvalue weighted by Gasteiger charge is 2.36. The summed E-state index contributed by atoms with van der Waals surface area (Å²) in [4.78, 5) is 26.2. The van der Waals surface area contributed by atoms with Gasteiger partial charge in [-0.25, -0.2) is 4.79 Å². The zero-order chi connectivity index (χ0) is 21.8. The Hall–Kier alpha value is -2.09. The highest BCUT2D eigenvalue weighted by molar-refractivity contribution is 5.92. The number of nitrogens with zero attached hydrogens (tertiary/aromatic N) is 1. The number of esters is 1. The van der Waals surface area contributed by atoms with Crippen molar-refractivity contribution < 1.29 is 27.5 Å². The number of alkyl halides is 3. The van der Waals surface area contributed by atoms with Crippen LogP contribution in [0.1, 0.15) is 66.6 Å². The highest BCUT2D eigenvalue weighted by Crippen LogP contribution is 2.35. The molecule has 0 radical (unpaired) electrons. The van der Waals surface area contributed by atoms with E-state index in [1.54, 1.807) is 4.90 Å². The first kappa shape index (κ1) is 23.2. The molecule has 2 atom stereocenters. The van der Waals surface area contributed by atoms with Crippen molar-refractivity contribution >= 4 is 11.9 Å². The van der Waals surface area contributed by atoms with Gasteiger partial charge in [-0.1, -0.05) is 20.3 Å². The van der Waals surface area contributed by atoms with Gasteiger partial charge in [-0.15, -0.1) is 0 Å². The molecule has 2 N–H and O–H groups in total. The molecule has 1 heterocycles. The number of hydrogen-bond acceptors (Lipinski definition) is 4. The Morgan fingerprint density at radius 2 is 1.90 bits per heavy atom. The van der Waals surface area contributed by atoms with Gasteiger partial charge < -0.3 is 15.4 Å². The van der Waals surface area contributed by atoms with Gasteiger partial charge in [0.15, 0.2) is 0 Å². The summed E-state index contributed by atoms with van der Waals surface area (Å²) in [6, 6.07) is 1.86. The molecule has 1 aromatic carbocycles. The molecule has 1 saturated carbocycles. The first-order chi connectivity index (χ1) is 13.6. The van der Waals surface area contributed by atoms with Crippen molar-refractivity contribution in [3.63, 3.8) is 0 Å². The number of carbonyl (C=O) groups excluding carboxylic acids is 2. The average Bonchev–Trinajstić information content (AvgIpc) is 3.11. The van der Waals surface area contributed by atoms with Crippen LogP contribution in [-0.2, 0) is 28.7 Å². The maximum atomic E-state index is 13.2. The number of nitrogens with two attached hydrogens (primary N) is 1. The zero-order valence-electron chi connectivity index (χ0n) is 17.1. The topological polar surface area (TPSA) is 72.6 Å². The second kappa shape index (κ2) is 9.61. The van der Waals surface area contributed by atoms with Gasteiger partial charge >= 0.3 is 12.1 Å². The molecule has 1 amide bonds. The van der Waals surface area contributed by atoms with E-state index in [0.717, 1.165) is 25.7 Å². The summed E-state index contributed by atoms with van der Waals surface area (Å²) in [6.45, 7) is 4.68. The molecular weight excluding hydrogens is 385 g/mol. The largest absolute Gasteiger partial charge is 0.465 e. The van der Waals surface area contributed by atoms with Crippen molar-refractivity contribution in [2.75, 3.05) is 13.7 Å². The average molecular weight is 414 g/mol. The zero-order valence-corrected chi connectivity index (χ0v) is 17.1. The highest BCUT2D eigenvalue weighted by atomic mass is 19.4. The lowest BCUT2D eigenvalue weighted by atomic mass is 9.91. The Kier molecular flexibility index (Phi) is 7.68. The number of halogens is 3. The summed E-state index contributed by atoms with van der Waals surface area (Å²) in [5.74, 6) is -1.04. The number of amides is 1. The third-order valence-corrected chi connectivity index (χ3v) is 5.20. The molecule has 0 spiro atoms. The molecule has 1 aliphatic carbocycles. The van der Waals surface area contributed by atoms with Crippen molar-refractivity contribution in [2.45, 2.75) is 64.7 Å². The fourth-order valence-electron chi connectivity index (χ4n) is 3.84. The molecule has 1 aliphatic heterocycles. The Labute approximate surface area is 169 Å². The van der Waals surface area contributed by atoms with E-state index in [2.05, 4.69) is 18.6 Å². The second-order valence-electron chi connectivity index (χ2n) is 7.64. The quantitative estimate of drug-likeness (QED) is 0.745. The van der Waals surface area contributed by atoms with Crippen molar-refractivity contribution in [1.29, 1.82) is 0 Å². The van der Waals surface area contributed by atoms with Crippen molar-refractivity contribution in [2.24, 2.45) is 11.7 Å². The van der Waals surface area contributed by atoms with Crippen LogP contribution < -0.4 is 5.73 Å². The summed E-state index contributed by atoms with van der Waals surface area (Å²) in [6.07, 6.45) is -0.909. The van der Waals surface area contributed by atoms with Crippen LogP contribution in [0, 0.1) is 5.92 Å². The fraction of sp³-hybridized carbons (Fsp3) is 0.619. The third kappa shape index (κ3) is 5.50. The molecular formula is C21H29F3N2O3. The Balaban J connectivity index is 0.000000941. The molecule has 0 bridgehead atoms. The van der Waals surface area contributed by atoms with E-state index < -0.39 is 17.7 Å². The van der Waals surface area contributed by atoms with E-state index in [1.165, 1.54) is 6.42 Å². The monoisotopic (exact) mass is 414 g/mol. The van der Waals surface area contributed by atoms with Gasteiger partial charge in [-0.2, -0.15) is 13.2 Å². The van der Waals surface area contributed by atoms with Crippen molar-refractivity contribution in [3.8, 4) is 0 Å². The summed E-state index contributed by atoms with van der Waals surface area (Å²) in [5, 5.41) is 0. The minimum absolute atomic E-state index is 0.00351. The van der Waals surface area contributed by atoms with Gasteiger partial charge in [0.05, 0.1) is 18.2 Å². The van der Waals surface area contributed by atoms with Gasteiger partial charge in [0, 0.05) is 25.0 Å². The van der Waals surface area contributed by atoms with Gasteiger partial charge in [0.25, 0.3) is 0 Å². The summed E-state index contributed by atoms with van der Waals surface area (Å²) < 4.78 is 44.2. The first-order valence-electron chi connectivity index (χ1n) is 9.97. The van der Waals surface area contributed by atoms with Crippen LogP contribution in [0.25, 0.3) is 0 Å². The number of methoxy groups -OCH3 is 1. The Morgan fingerprint density at radius 3 is 2.41 bits per heavy atom. The third-order valence-electron chi connectivity index (χ3n) is 5.20. The molecule has 162 valence electrons. The van der Waals surface area contributed by atoms with Crippen LogP contribution in [-0.4, -0.2) is 36.5 Å². The van der Waals surface area contributed by atoms with E-state index in [9.17, 15) is 22.8 Å². The molecule has 29 heavy (non-hydrogen) atoms. The Bertz CT molecular complexity index is 749. The van der Waals surface area contributed by atoms with Crippen molar-refractivity contribution in [3.05, 3.63) is 34.4 Å². The van der Waals surface area contributed by atoms with Crippen LogP contribution in [0.4, 0.5) is 13.2 Å². The minimum Gasteiger partial charge on any atom is -0.465 e. The summed E-state index contributed by atoms with van der Waals surface area (Å²) in [5.41, 5.74) is 5.75. The number of rotatable bonds is 2. The van der Waals surface area contributed by atoms with Crippen LogP contribution in [0.15, 0.2) is 12.1 Å². The predicted molar refractivity (Wildman–Crippen MR) is 103 cm³/mol. The van der Waals surface area contributed by atoms with Crippen LogP contribution in [0.5, 0.6) is 0 Å². The molecule has 8 heteroatoms. The molecule has 0 saturated heterocycles. The van der Waals surface area contributed by atoms with E-state index in [-0.39, 0.29) is 30.0 Å². The Morgan fingerprint density at radius 1 is 1.24 bits per heavy atom. The summed E-state index contributed by atoms with van der Waals surface area (Å²) >= 11 is 0. The smallest absolute Gasteiger partial charge is 0.416 e. The minimum atomic E-state index is -4.58. The van der Waals surface area contributed by atoms with Crippen LogP contribution >= 0.6 is 0 Å². The lowest BCUT2D eigenvalue weighted by Gasteiger charge is -2.32. The number of benzene rings is 1. The second-order valence-corrected chi connectivity index (χ2v) is 7.64. The van der Waals surface area contributed by atoms with Gasteiger partial charge in [0.2, 0.25) is 5.91 Å². The molecule has 3 rings (SSSR count). The lowest BCUT2D eigenvalue weighted by molar-refractivity contribution is -0.137. The fourth-order valence-corrected chi connectivity index (χ4v) is 3.84. The molecule has 0 aromatic heterocycles. The molecule has 5 nitrogen and oxygen atoms in total. The van der Waals surface area contributed by atoms with E-state index >= 15 is 0 Å². The SMILES string of the molecule is CCC.COC(=O)c1cc(C(F)(F)F)cc2c1CCN(C(=O)C1CCC(N)C1)C2. The summed E-state index contributed by atoms with van der Waals surface area (Å²) in [7, 11) is 1.14. The van der Waals surface area contributed by atoms with Gasteiger partial charge in [-0.05, 0) is 48.9 Å². The first-order valence-corrected chi connectivity index (χ1v) is 9.97. The van der Waals surface area contributed by atoms with Crippen molar-refractivity contribution in [1.82, 2.24) is 4.90 Å². The van der Waals surface area contributed by atoms with Crippen LogP contribution in [0.3, 0.4) is 0 Å².